The van der Waals surface area contributed by atoms with Crippen molar-refractivity contribution in [3.63, 3.8) is 0 Å². The van der Waals surface area contributed by atoms with E-state index in [2.05, 4.69) is 15.6 Å². The first kappa shape index (κ1) is 24.5. The third-order valence-corrected chi connectivity index (χ3v) is 4.17. The maximum atomic E-state index is 12.0. The number of likely N-dealkylation sites (N-methyl/N-ethyl adjacent to an activating group) is 1. The van der Waals surface area contributed by atoms with Gasteiger partial charge < -0.3 is 25.0 Å². The second-order valence-electron chi connectivity index (χ2n) is 6.42. The first-order chi connectivity index (χ1) is 13.4. The molecule has 1 amide bonds. The van der Waals surface area contributed by atoms with Gasteiger partial charge in [0.2, 0.25) is 5.91 Å². The van der Waals surface area contributed by atoms with E-state index in [9.17, 15) is 4.79 Å². The first-order valence-corrected chi connectivity index (χ1v) is 8.99. The van der Waals surface area contributed by atoms with Gasteiger partial charge in [-0.25, -0.2) is 4.99 Å². The summed E-state index contributed by atoms with van der Waals surface area (Å²) in [5, 5.41) is 6.57. The largest absolute Gasteiger partial charge is 0.493 e. The van der Waals surface area contributed by atoms with E-state index in [1.165, 1.54) is 4.90 Å². The second-order valence-corrected chi connectivity index (χ2v) is 6.42. The lowest BCUT2D eigenvalue weighted by atomic mass is 10.1. The Hall–Kier alpha value is -2.49. The summed E-state index contributed by atoms with van der Waals surface area (Å²) >= 11 is 0. The highest BCUT2D eigenvalue weighted by molar-refractivity contribution is 14.0. The number of methoxy groups -OCH3 is 2. The molecule has 0 bridgehead atoms. The van der Waals surface area contributed by atoms with Crippen LogP contribution in [0.15, 0.2) is 53.5 Å². The van der Waals surface area contributed by atoms with Gasteiger partial charge in [-0.15, -0.1) is 24.0 Å². The SMILES string of the molecule is COc1ccc(NC(=NCC(=O)N(C)C)NC(C)c2ccccc2)cc1OC.I. The van der Waals surface area contributed by atoms with Crippen LogP contribution < -0.4 is 20.1 Å². The number of hydrogen-bond acceptors (Lipinski definition) is 4. The molecule has 1 unspecified atom stereocenters. The number of rotatable bonds is 7. The van der Waals surface area contributed by atoms with Crippen LogP contribution in [-0.2, 0) is 4.79 Å². The van der Waals surface area contributed by atoms with E-state index >= 15 is 0 Å². The van der Waals surface area contributed by atoms with Gasteiger partial charge >= 0.3 is 0 Å². The fraction of sp³-hybridized carbons (Fsp3) is 0.333. The molecule has 0 heterocycles. The van der Waals surface area contributed by atoms with E-state index in [1.54, 1.807) is 28.3 Å². The Balaban J connectivity index is 0.00000420. The van der Waals surface area contributed by atoms with Crippen molar-refractivity contribution < 1.29 is 14.3 Å². The van der Waals surface area contributed by atoms with Gasteiger partial charge in [0.1, 0.15) is 6.54 Å². The highest BCUT2D eigenvalue weighted by Crippen LogP contribution is 2.29. The van der Waals surface area contributed by atoms with Crippen LogP contribution in [0.1, 0.15) is 18.5 Å². The van der Waals surface area contributed by atoms with Crippen LogP contribution >= 0.6 is 24.0 Å². The average Bonchev–Trinajstić information content (AvgIpc) is 2.72. The summed E-state index contributed by atoms with van der Waals surface area (Å²) in [5.74, 6) is 1.66. The Morgan fingerprint density at radius 2 is 1.72 bits per heavy atom. The van der Waals surface area contributed by atoms with Crippen LogP contribution in [0.25, 0.3) is 0 Å². The van der Waals surface area contributed by atoms with E-state index in [0.717, 1.165) is 11.3 Å². The third-order valence-electron chi connectivity index (χ3n) is 4.17. The average molecular weight is 512 g/mol. The number of guanidine groups is 1. The zero-order chi connectivity index (χ0) is 20.5. The number of nitrogens with zero attached hydrogens (tertiary/aromatic N) is 2. The standard InChI is InChI=1S/C21H28N4O3.HI/c1-15(16-9-7-6-8-10-16)23-21(22-14-20(26)25(2)3)24-17-11-12-18(27-4)19(13-17)28-5;/h6-13,15H,14H2,1-5H3,(H2,22,23,24);1H. The molecule has 8 heteroatoms. The van der Waals surface area contributed by atoms with Gasteiger partial charge in [-0.2, -0.15) is 0 Å². The zero-order valence-corrected chi connectivity index (χ0v) is 19.8. The summed E-state index contributed by atoms with van der Waals surface area (Å²) in [6.07, 6.45) is 0. The Bertz CT molecular complexity index is 813. The molecule has 0 saturated carbocycles. The van der Waals surface area contributed by atoms with E-state index in [4.69, 9.17) is 9.47 Å². The molecule has 29 heavy (non-hydrogen) atoms. The molecule has 2 rings (SSSR count). The summed E-state index contributed by atoms with van der Waals surface area (Å²) < 4.78 is 10.6. The van der Waals surface area contributed by atoms with Crippen molar-refractivity contribution in [2.75, 3.05) is 40.2 Å². The number of hydrogen-bond donors (Lipinski definition) is 2. The Kier molecular flexibility index (Phi) is 10.3. The molecule has 0 aliphatic heterocycles. The lowest BCUT2D eigenvalue weighted by Gasteiger charge is -2.19. The zero-order valence-electron chi connectivity index (χ0n) is 17.4. The van der Waals surface area contributed by atoms with Crippen molar-refractivity contribution in [2.45, 2.75) is 13.0 Å². The number of anilines is 1. The number of nitrogens with one attached hydrogen (secondary N) is 2. The fourth-order valence-electron chi connectivity index (χ4n) is 2.49. The molecule has 2 N–H and O–H groups in total. The molecule has 0 spiro atoms. The van der Waals surface area contributed by atoms with Crippen molar-refractivity contribution in [1.82, 2.24) is 10.2 Å². The molecule has 2 aromatic rings. The van der Waals surface area contributed by atoms with Crippen molar-refractivity contribution in [2.24, 2.45) is 4.99 Å². The van der Waals surface area contributed by atoms with Gasteiger partial charge in [0, 0.05) is 25.8 Å². The highest BCUT2D eigenvalue weighted by atomic mass is 127. The van der Waals surface area contributed by atoms with Crippen LogP contribution in [0.3, 0.4) is 0 Å². The second kappa shape index (κ2) is 12.2. The topological polar surface area (TPSA) is 75.2 Å². The number of ether oxygens (including phenoxy) is 2. The minimum atomic E-state index is -0.0826. The molecule has 0 radical (unpaired) electrons. The van der Waals surface area contributed by atoms with Crippen molar-refractivity contribution >= 4 is 41.5 Å². The molecule has 0 fully saturated rings. The van der Waals surface area contributed by atoms with Crippen LogP contribution in [0.4, 0.5) is 5.69 Å². The monoisotopic (exact) mass is 512 g/mol. The lowest BCUT2D eigenvalue weighted by molar-refractivity contribution is -0.127. The van der Waals surface area contributed by atoms with Crippen LogP contribution in [0.5, 0.6) is 11.5 Å². The predicted molar refractivity (Wildman–Crippen MR) is 128 cm³/mol. The maximum absolute atomic E-state index is 12.0. The molecule has 1 atom stereocenters. The van der Waals surface area contributed by atoms with Crippen LogP contribution in [0, 0.1) is 0 Å². The Labute approximate surface area is 189 Å². The molecule has 0 saturated heterocycles. The Morgan fingerprint density at radius 1 is 1.07 bits per heavy atom. The quantitative estimate of drug-likeness (QED) is 0.338. The highest BCUT2D eigenvalue weighted by Gasteiger charge is 2.11. The van der Waals surface area contributed by atoms with Gasteiger partial charge in [-0.05, 0) is 24.6 Å². The summed E-state index contributed by atoms with van der Waals surface area (Å²) in [7, 11) is 6.59. The third kappa shape index (κ3) is 7.45. The molecule has 0 aliphatic rings. The van der Waals surface area contributed by atoms with Crippen molar-refractivity contribution in [3.8, 4) is 11.5 Å². The van der Waals surface area contributed by atoms with Gasteiger partial charge in [0.15, 0.2) is 17.5 Å². The number of amides is 1. The van der Waals surface area contributed by atoms with Gasteiger partial charge in [-0.1, -0.05) is 30.3 Å². The lowest BCUT2D eigenvalue weighted by Crippen LogP contribution is -2.34. The first-order valence-electron chi connectivity index (χ1n) is 8.99. The Morgan fingerprint density at radius 3 is 2.31 bits per heavy atom. The number of aliphatic imine (C=N–C) groups is 1. The molecule has 7 nitrogen and oxygen atoms in total. The molecule has 0 aliphatic carbocycles. The van der Waals surface area contributed by atoms with E-state index in [0.29, 0.717) is 17.5 Å². The van der Waals surface area contributed by atoms with Crippen LogP contribution in [-0.4, -0.2) is 51.6 Å². The predicted octanol–water partition coefficient (Wildman–Crippen LogP) is 3.53. The van der Waals surface area contributed by atoms with Gasteiger partial charge in [0.25, 0.3) is 0 Å². The molecular formula is C21H29IN4O3. The molecule has 0 aromatic heterocycles. The summed E-state index contributed by atoms with van der Waals surface area (Å²) in [6, 6.07) is 15.5. The number of halogens is 1. The minimum absolute atomic E-state index is 0. The summed E-state index contributed by atoms with van der Waals surface area (Å²) in [5.41, 5.74) is 1.88. The van der Waals surface area contributed by atoms with E-state index in [-0.39, 0.29) is 42.5 Å². The maximum Gasteiger partial charge on any atom is 0.243 e. The number of benzene rings is 2. The van der Waals surface area contributed by atoms with E-state index in [1.807, 2.05) is 55.5 Å². The number of carbonyl (C=O) groups excluding carboxylic acids is 1. The smallest absolute Gasteiger partial charge is 0.243 e. The fourth-order valence-corrected chi connectivity index (χ4v) is 2.49. The van der Waals surface area contributed by atoms with E-state index < -0.39 is 0 Å². The molecule has 158 valence electrons. The molecule has 2 aromatic carbocycles. The summed E-state index contributed by atoms with van der Waals surface area (Å²) in [6.45, 7) is 2.08. The number of carbonyl (C=O) groups is 1. The summed E-state index contributed by atoms with van der Waals surface area (Å²) in [4.78, 5) is 17.9. The normalized spacial score (nSPS) is 11.7. The minimum Gasteiger partial charge on any atom is -0.493 e. The molecular weight excluding hydrogens is 483 g/mol. The van der Waals surface area contributed by atoms with Crippen molar-refractivity contribution in [3.05, 3.63) is 54.1 Å². The van der Waals surface area contributed by atoms with Crippen molar-refractivity contribution in [1.29, 1.82) is 0 Å². The van der Waals surface area contributed by atoms with Gasteiger partial charge in [-0.3, -0.25) is 4.79 Å². The van der Waals surface area contributed by atoms with Gasteiger partial charge in [0.05, 0.1) is 20.3 Å². The van der Waals surface area contributed by atoms with Crippen LogP contribution in [0.2, 0.25) is 0 Å².